The number of aliphatic hydroxyl groups excluding tert-OH is 1. The molecule has 21 heavy (non-hydrogen) atoms. The number of nitro groups is 1. The number of ether oxygens (including phenoxy) is 2. The van der Waals surface area contributed by atoms with Crippen LogP contribution in [0.4, 0.5) is 5.69 Å². The predicted molar refractivity (Wildman–Crippen MR) is 77.1 cm³/mol. The Morgan fingerprint density at radius 1 is 1.19 bits per heavy atom. The lowest BCUT2D eigenvalue weighted by molar-refractivity contribution is -0.385. The molecular weight excluding hydrogens is 298 g/mol. The Morgan fingerprint density at radius 3 is 2.57 bits per heavy atom. The van der Waals surface area contributed by atoms with Gasteiger partial charge in [0.05, 0.1) is 18.6 Å². The lowest BCUT2D eigenvalue weighted by atomic mass is 10.2. The monoisotopic (exact) mass is 309 g/mol. The van der Waals surface area contributed by atoms with Gasteiger partial charge in [0.25, 0.3) is 0 Å². The Balaban J connectivity index is 2.42. The number of nitrogens with zero attached hydrogens (tertiary/aromatic N) is 1. The van der Waals surface area contributed by atoms with E-state index in [0.717, 1.165) is 0 Å². The summed E-state index contributed by atoms with van der Waals surface area (Å²) in [4.78, 5) is 10.4. The minimum atomic E-state index is -0.555. The van der Waals surface area contributed by atoms with Gasteiger partial charge in [-0.15, -0.1) is 0 Å². The molecule has 0 amide bonds. The van der Waals surface area contributed by atoms with Crippen LogP contribution in [0.5, 0.6) is 17.2 Å². The van der Waals surface area contributed by atoms with Gasteiger partial charge in [-0.3, -0.25) is 10.1 Å². The van der Waals surface area contributed by atoms with E-state index < -0.39 is 4.92 Å². The molecular formula is C14H12ClNO5. The van der Waals surface area contributed by atoms with Crippen molar-refractivity contribution in [1.82, 2.24) is 0 Å². The Labute approximate surface area is 125 Å². The van der Waals surface area contributed by atoms with Gasteiger partial charge in [-0.1, -0.05) is 17.7 Å². The number of nitro benzene ring substituents is 1. The molecule has 0 saturated carbocycles. The molecule has 6 nitrogen and oxygen atoms in total. The largest absolute Gasteiger partial charge is 0.493 e. The van der Waals surface area contributed by atoms with Crippen LogP contribution in [-0.4, -0.2) is 17.1 Å². The van der Waals surface area contributed by atoms with E-state index in [4.69, 9.17) is 26.2 Å². The van der Waals surface area contributed by atoms with Gasteiger partial charge in [0.1, 0.15) is 0 Å². The number of benzene rings is 2. The van der Waals surface area contributed by atoms with Crippen molar-refractivity contribution in [3.63, 3.8) is 0 Å². The van der Waals surface area contributed by atoms with E-state index in [1.165, 1.54) is 25.3 Å². The fraction of sp³-hybridized carbons (Fsp3) is 0.143. The Bertz CT molecular complexity index is 674. The van der Waals surface area contributed by atoms with E-state index >= 15 is 0 Å². The lowest BCUT2D eigenvalue weighted by Crippen LogP contribution is -1.96. The maximum absolute atomic E-state index is 11.0. The van der Waals surface area contributed by atoms with E-state index in [9.17, 15) is 10.1 Å². The maximum Gasteiger partial charge on any atom is 0.311 e. The Morgan fingerprint density at radius 2 is 1.95 bits per heavy atom. The number of hydrogen-bond donors (Lipinski definition) is 1. The summed E-state index contributed by atoms with van der Waals surface area (Å²) < 4.78 is 10.7. The van der Waals surface area contributed by atoms with Crippen molar-refractivity contribution < 1.29 is 19.5 Å². The first-order valence-electron chi connectivity index (χ1n) is 5.94. The predicted octanol–water partition coefficient (Wildman–Crippen LogP) is 3.54. The molecule has 0 atom stereocenters. The summed E-state index contributed by atoms with van der Waals surface area (Å²) in [5.41, 5.74) is 0.437. The van der Waals surface area contributed by atoms with Crippen LogP contribution in [0.3, 0.4) is 0 Å². The Kier molecular flexibility index (Phi) is 4.62. The van der Waals surface area contributed by atoms with Crippen LogP contribution in [0, 0.1) is 10.1 Å². The SMILES string of the molecule is COc1cc(CO)ccc1Oc1cc(Cl)ccc1[N+](=O)[O-]. The van der Waals surface area contributed by atoms with Crippen molar-refractivity contribution in [3.05, 3.63) is 57.1 Å². The molecule has 0 saturated heterocycles. The Hall–Kier alpha value is -2.31. The third-order valence-corrected chi connectivity index (χ3v) is 2.98. The van der Waals surface area contributed by atoms with Gasteiger partial charge in [-0.05, 0) is 23.8 Å². The van der Waals surface area contributed by atoms with Crippen molar-refractivity contribution in [2.45, 2.75) is 6.61 Å². The summed E-state index contributed by atoms with van der Waals surface area (Å²) in [7, 11) is 1.44. The summed E-state index contributed by atoms with van der Waals surface area (Å²) in [6, 6.07) is 8.83. The molecule has 7 heteroatoms. The maximum atomic E-state index is 11.0. The minimum absolute atomic E-state index is 0.0162. The van der Waals surface area contributed by atoms with Crippen LogP contribution >= 0.6 is 11.6 Å². The standard InChI is InChI=1S/C14H12ClNO5/c1-20-14-6-9(8-17)2-5-12(14)21-13-7-10(15)3-4-11(13)16(18)19/h2-7,17H,8H2,1H3. The van der Waals surface area contributed by atoms with Crippen LogP contribution in [0.2, 0.25) is 5.02 Å². The first kappa shape index (κ1) is 15.1. The molecule has 0 unspecified atom stereocenters. The average molecular weight is 310 g/mol. The summed E-state index contributed by atoms with van der Waals surface area (Å²) in [6.45, 7) is -0.145. The second kappa shape index (κ2) is 6.43. The summed E-state index contributed by atoms with van der Waals surface area (Å²) in [5, 5.41) is 20.4. The number of aliphatic hydroxyl groups is 1. The summed E-state index contributed by atoms with van der Waals surface area (Å²) >= 11 is 5.84. The normalized spacial score (nSPS) is 10.2. The van der Waals surface area contributed by atoms with E-state index in [1.54, 1.807) is 18.2 Å². The third kappa shape index (κ3) is 3.42. The lowest BCUT2D eigenvalue weighted by Gasteiger charge is -2.11. The molecule has 110 valence electrons. The average Bonchev–Trinajstić information content (AvgIpc) is 2.47. The highest BCUT2D eigenvalue weighted by molar-refractivity contribution is 6.30. The number of halogens is 1. The van der Waals surface area contributed by atoms with Crippen LogP contribution in [0.15, 0.2) is 36.4 Å². The van der Waals surface area contributed by atoms with E-state index in [1.807, 2.05) is 0 Å². The zero-order valence-electron chi connectivity index (χ0n) is 11.1. The highest BCUT2D eigenvalue weighted by atomic mass is 35.5. The first-order valence-corrected chi connectivity index (χ1v) is 6.32. The molecule has 0 heterocycles. The molecule has 0 bridgehead atoms. The fourth-order valence-corrected chi connectivity index (χ4v) is 1.90. The van der Waals surface area contributed by atoms with Crippen molar-refractivity contribution in [2.75, 3.05) is 7.11 Å². The molecule has 0 radical (unpaired) electrons. The molecule has 0 aliphatic rings. The number of rotatable bonds is 5. The number of hydrogen-bond acceptors (Lipinski definition) is 5. The first-order chi connectivity index (χ1) is 10.0. The second-order valence-electron chi connectivity index (χ2n) is 4.11. The smallest absolute Gasteiger partial charge is 0.311 e. The third-order valence-electron chi connectivity index (χ3n) is 2.75. The molecule has 0 aromatic heterocycles. The zero-order chi connectivity index (χ0) is 15.4. The van der Waals surface area contributed by atoms with E-state index in [2.05, 4.69) is 0 Å². The van der Waals surface area contributed by atoms with Gasteiger partial charge in [0.15, 0.2) is 11.5 Å². The van der Waals surface area contributed by atoms with Gasteiger partial charge in [0.2, 0.25) is 5.75 Å². The zero-order valence-corrected chi connectivity index (χ0v) is 11.8. The van der Waals surface area contributed by atoms with Crippen LogP contribution < -0.4 is 9.47 Å². The van der Waals surface area contributed by atoms with Crippen molar-refractivity contribution >= 4 is 17.3 Å². The molecule has 0 fully saturated rings. The van der Waals surface area contributed by atoms with E-state index in [-0.39, 0.29) is 18.0 Å². The molecule has 2 aromatic carbocycles. The minimum Gasteiger partial charge on any atom is -0.493 e. The van der Waals surface area contributed by atoms with Gasteiger partial charge in [-0.25, -0.2) is 0 Å². The van der Waals surface area contributed by atoms with Crippen LogP contribution in [0.25, 0.3) is 0 Å². The molecule has 2 rings (SSSR count). The summed E-state index contributed by atoms with van der Waals surface area (Å²) in [5.74, 6) is 0.665. The molecule has 2 aromatic rings. The molecule has 0 spiro atoms. The van der Waals surface area contributed by atoms with Crippen molar-refractivity contribution in [3.8, 4) is 17.2 Å². The van der Waals surface area contributed by atoms with Crippen molar-refractivity contribution in [1.29, 1.82) is 0 Å². The van der Waals surface area contributed by atoms with E-state index in [0.29, 0.717) is 22.1 Å². The van der Waals surface area contributed by atoms with Gasteiger partial charge in [-0.2, -0.15) is 0 Å². The fourth-order valence-electron chi connectivity index (χ4n) is 1.73. The molecule has 0 aliphatic heterocycles. The molecule has 1 N–H and O–H groups in total. The topological polar surface area (TPSA) is 81.8 Å². The van der Waals surface area contributed by atoms with Gasteiger partial charge >= 0.3 is 5.69 Å². The quantitative estimate of drug-likeness (QED) is 0.674. The van der Waals surface area contributed by atoms with Crippen LogP contribution in [0.1, 0.15) is 5.56 Å². The molecule has 0 aliphatic carbocycles. The van der Waals surface area contributed by atoms with Crippen LogP contribution in [-0.2, 0) is 6.61 Å². The second-order valence-corrected chi connectivity index (χ2v) is 4.55. The van der Waals surface area contributed by atoms with Crippen molar-refractivity contribution in [2.24, 2.45) is 0 Å². The number of methoxy groups -OCH3 is 1. The van der Waals surface area contributed by atoms with Gasteiger partial charge in [0, 0.05) is 17.2 Å². The highest BCUT2D eigenvalue weighted by Gasteiger charge is 2.18. The summed E-state index contributed by atoms with van der Waals surface area (Å²) in [6.07, 6.45) is 0. The van der Waals surface area contributed by atoms with Gasteiger partial charge < -0.3 is 14.6 Å². The highest BCUT2D eigenvalue weighted by Crippen LogP contribution is 2.38.